The highest BCUT2D eigenvalue weighted by Gasteiger charge is 2.17. The number of hydrogen-bond donors (Lipinski definition) is 1. The molecule has 10 heavy (non-hydrogen) atoms. The van der Waals surface area contributed by atoms with E-state index < -0.39 is 0 Å². The van der Waals surface area contributed by atoms with E-state index in [-0.39, 0.29) is 17.7 Å². The van der Waals surface area contributed by atoms with Gasteiger partial charge in [0.2, 0.25) is 5.91 Å². The first-order chi connectivity index (χ1) is 4.34. The second-order valence-corrected chi connectivity index (χ2v) is 3.81. The van der Waals surface area contributed by atoms with E-state index in [0.717, 1.165) is 4.86 Å². The fourth-order valence-corrected chi connectivity index (χ4v) is 0.566. The van der Waals surface area contributed by atoms with E-state index in [1.54, 1.807) is 0 Å². The molecule has 0 saturated heterocycles. The monoisotopic (exact) mass is 159 g/mol. The van der Waals surface area contributed by atoms with Crippen molar-refractivity contribution in [3.8, 4) is 0 Å². The predicted octanol–water partition coefficient (Wildman–Crippen LogP) is 1.28. The van der Waals surface area contributed by atoms with E-state index in [2.05, 4.69) is 0 Å². The topological polar surface area (TPSA) is 43.1 Å². The lowest BCUT2D eigenvalue weighted by molar-refractivity contribution is -0.116. The molecule has 0 radical (unpaired) electrons. The van der Waals surface area contributed by atoms with Gasteiger partial charge in [-0.1, -0.05) is 33.0 Å². The Hall–Kier alpha value is -0.440. The Morgan fingerprint density at radius 2 is 1.90 bits per heavy atom. The molecule has 0 rings (SSSR count). The van der Waals surface area contributed by atoms with Crippen molar-refractivity contribution in [2.24, 2.45) is 11.1 Å². The third-order valence-corrected chi connectivity index (χ3v) is 1.93. The summed E-state index contributed by atoms with van der Waals surface area (Å²) in [5.74, 6) is -0.347. The third kappa shape index (κ3) is 3.56. The standard InChI is InChI=1S/C7H13NOS/c1-7(2,3)5(10)4-6(8)9/h4H2,1-3H3,(H2,8,9). The molecular weight excluding hydrogens is 146 g/mol. The van der Waals surface area contributed by atoms with Crippen LogP contribution < -0.4 is 5.73 Å². The van der Waals surface area contributed by atoms with Crippen molar-refractivity contribution >= 4 is 23.0 Å². The lowest BCUT2D eigenvalue weighted by atomic mass is 9.90. The second kappa shape index (κ2) is 3.10. The lowest BCUT2D eigenvalue weighted by Crippen LogP contribution is -2.24. The fraction of sp³-hybridized carbons (Fsp3) is 0.714. The largest absolute Gasteiger partial charge is 0.369 e. The van der Waals surface area contributed by atoms with E-state index >= 15 is 0 Å². The number of nitrogens with two attached hydrogens (primary N) is 1. The van der Waals surface area contributed by atoms with Crippen molar-refractivity contribution in [1.82, 2.24) is 0 Å². The molecule has 2 nitrogen and oxygen atoms in total. The van der Waals surface area contributed by atoms with Crippen LogP contribution in [-0.2, 0) is 4.79 Å². The molecule has 0 atom stereocenters. The number of carbonyl (C=O) groups excluding carboxylic acids is 1. The van der Waals surface area contributed by atoms with Crippen LogP contribution in [-0.4, -0.2) is 10.8 Å². The number of rotatable bonds is 2. The molecular formula is C7H13NOS. The summed E-state index contributed by atoms with van der Waals surface area (Å²) in [7, 11) is 0. The molecule has 0 unspecified atom stereocenters. The summed E-state index contributed by atoms with van der Waals surface area (Å²) in [6.45, 7) is 5.91. The maximum Gasteiger partial charge on any atom is 0.222 e. The lowest BCUT2D eigenvalue weighted by Gasteiger charge is -2.18. The van der Waals surface area contributed by atoms with Crippen LogP contribution in [0.4, 0.5) is 0 Å². The van der Waals surface area contributed by atoms with Crippen LogP contribution in [0.2, 0.25) is 0 Å². The maximum atomic E-state index is 10.4. The summed E-state index contributed by atoms with van der Waals surface area (Å²) >= 11 is 4.97. The van der Waals surface area contributed by atoms with Gasteiger partial charge in [0.05, 0.1) is 6.42 Å². The Labute approximate surface area is 66.8 Å². The molecule has 0 aromatic heterocycles. The Balaban J connectivity index is 3.99. The zero-order valence-electron chi connectivity index (χ0n) is 6.60. The predicted molar refractivity (Wildman–Crippen MR) is 45.9 cm³/mol. The molecule has 0 aliphatic heterocycles. The van der Waals surface area contributed by atoms with Crippen LogP contribution in [0.15, 0.2) is 0 Å². The molecule has 0 aliphatic carbocycles. The summed E-state index contributed by atoms with van der Waals surface area (Å²) in [5.41, 5.74) is 4.88. The minimum absolute atomic E-state index is 0.0790. The van der Waals surface area contributed by atoms with Crippen LogP contribution in [0, 0.1) is 5.41 Å². The molecule has 0 spiro atoms. The highest BCUT2D eigenvalue weighted by Crippen LogP contribution is 2.17. The number of hydrogen-bond acceptors (Lipinski definition) is 2. The molecule has 2 N–H and O–H groups in total. The molecule has 58 valence electrons. The van der Waals surface area contributed by atoms with Crippen LogP contribution in [0.25, 0.3) is 0 Å². The van der Waals surface area contributed by atoms with Gasteiger partial charge in [-0.2, -0.15) is 0 Å². The normalized spacial score (nSPS) is 11.1. The highest BCUT2D eigenvalue weighted by molar-refractivity contribution is 7.80. The first-order valence-electron chi connectivity index (χ1n) is 3.15. The number of primary amides is 1. The quantitative estimate of drug-likeness (QED) is 0.617. The van der Waals surface area contributed by atoms with Gasteiger partial charge in [-0.25, -0.2) is 0 Å². The zero-order valence-corrected chi connectivity index (χ0v) is 7.42. The molecule has 0 bridgehead atoms. The zero-order chi connectivity index (χ0) is 8.36. The number of thiocarbonyl (C=S) groups is 1. The summed E-state index contributed by atoms with van der Waals surface area (Å²) < 4.78 is 0. The molecule has 0 aromatic carbocycles. The molecule has 0 heterocycles. The van der Waals surface area contributed by atoms with Gasteiger partial charge in [0, 0.05) is 4.86 Å². The van der Waals surface area contributed by atoms with Crippen LogP contribution in [0.3, 0.4) is 0 Å². The Morgan fingerprint density at radius 1 is 1.50 bits per heavy atom. The molecule has 0 fully saturated rings. The van der Waals surface area contributed by atoms with Crippen molar-refractivity contribution in [1.29, 1.82) is 0 Å². The first kappa shape index (κ1) is 9.56. The summed E-state index contributed by atoms with van der Waals surface area (Å²) in [4.78, 5) is 11.1. The second-order valence-electron chi connectivity index (χ2n) is 3.32. The molecule has 3 heteroatoms. The SMILES string of the molecule is CC(C)(C)C(=S)CC(N)=O. The van der Waals surface area contributed by atoms with Crippen molar-refractivity contribution in [3.05, 3.63) is 0 Å². The molecule has 1 amide bonds. The molecule has 0 aromatic rings. The third-order valence-electron chi connectivity index (χ3n) is 1.17. The van der Waals surface area contributed by atoms with Gasteiger partial charge in [-0.15, -0.1) is 0 Å². The first-order valence-corrected chi connectivity index (χ1v) is 3.56. The summed E-state index contributed by atoms with van der Waals surface area (Å²) in [5, 5.41) is 0. The number of carbonyl (C=O) groups is 1. The average Bonchev–Trinajstić information content (AvgIpc) is 1.60. The fourth-order valence-electron chi connectivity index (χ4n) is 0.423. The Kier molecular flexibility index (Phi) is 2.96. The van der Waals surface area contributed by atoms with Gasteiger partial charge in [0.15, 0.2) is 0 Å². The van der Waals surface area contributed by atoms with E-state index in [9.17, 15) is 4.79 Å². The van der Waals surface area contributed by atoms with Crippen molar-refractivity contribution in [2.45, 2.75) is 27.2 Å². The molecule has 0 aliphatic rings. The van der Waals surface area contributed by atoms with Gasteiger partial charge in [-0.3, -0.25) is 4.79 Å². The Morgan fingerprint density at radius 3 is 2.00 bits per heavy atom. The summed E-state index contributed by atoms with van der Waals surface area (Å²) in [6.07, 6.45) is 0.221. The average molecular weight is 159 g/mol. The van der Waals surface area contributed by atoms with Crippen LogP contribution in [0.1, 0.15) is 27.2 Å². The smallest absolute Gasteiger partial charge is 0.222 e. The van der Waals surface area contributed by atoms with Crippen LogP contribution in [0.5, 0.6) is 0 Å². The van der Waals surface area contributed by atoms with Gasteiger partial charge in [-0.05, 0) is 5.41 Å². The summed E-state index contributed by atoms with van der Waals surface area (Å²) in [6, 6.07) is 0. The maximum absolute atomic E-state index is 10.4. The van der Waals surface area contributed by atoms with Gasteiger partial charge in [0.1, 0.15) is 0 Å². The highest BCUT2D eigenvalue weighted by atomic mass is 32.1. The van der Waals surface area contributed by atoms with Crippen LogP contribution >= 0.6 is 12.2 Å². The van der Waals surface area contributed by atoms with Gasteiger partial charge >= 0.3 is 0 Å². The van der Waals surface area contributed by atoms with E-state index in [0.29, 0.717) is 0 Å². The van der Waals surface area contributed by atoms with Gasteiger partial charge < -0.3 is 5.73 Å². The van der Waals surface area contributed by atoms with E-state index in [4.69, 9.17) is 18.0 Å². The minimum atomic E-state index is -0.347. The van der Waals surface area contributed by atoms with Crippen molar-refractivity contribution < 1.29 is 4.79 Å². The minimum Gasteiger partial charge on any atom is -0.369 e. The van der Waals surface area contributed by atoms with Crippen molar-refractivity contribution in [2.75, 3.05) is 0 Å². The van der Waals surface area contributed by atoms with E-state index in [1.807, 2.05) is 20.8 Å². The molecule has 0 saturated carbocycles. The number of amides is 1. The van der Waals surface area contributed by atoms with E-state index in [1.165, 1.54) is 0 Å². The van der Waals surface area contributed by atoms with Crippen molar-refractivity contribution in [3.63, 3.8) is 0 Å². The van der Waals surface area contributed by atoms with Gasteiger partial charge in [0.25, 0.3) is 0 Å². The Bertz CT molecular complexity index is 157.